The molecular formula is C28H64N3P. The molecule has 3 nitrogen and oxygen atoms in total. The summed E-state index contributed by atoms with van der Waals surface area (Å²) in [6, 6.07) is 0. The summed E-state index contributed by atoms with van der Waals surface area (Å²) in [6.07, 6.45) is 6.84. The first-order chi connectivity index (χ1) is 14.6. The average molecular weight is 474 g/mol. The van der Waals surface area contributed by atoms with Gasteiger partial charge in [-0.2, -0.15) is 0 Å². The van der Waals surface area contributed by atoms with Crippen LogP contribution in [-0.4, -0.2) is 66.3 Å². The summed E-state index contributed by atoms with van der Waals surface area (Å²) in [7, 11) is 4.62. The number of rotatable bonds is 1. The maximum absolute atomic E-state index is 3.55. The zero-order valence-corrected chi connectivity index (χ0v) is 26.1. The van der Waals surface area contributed by atoms with Crippen LogP contribution >= 0.6 is 9.24 Å². The molecule has 0 aliphatic carbocycles. The molecule has 0 radical (unpaired) electrons. The van der Waals surface area contributed by atoms with Gasteiger partial charge in [0.15, 0.2) is 0 Å². The standard InChI is InChI=1S/C10H21N.C8H17N.C7H15N.C2H6.CH5P/c1-9(2,3)8-6-7-11-10(8,4)5;1-4-9-7-5-6-8(9,2)3;1-7(2)5-4-6-8(7)3;2*1-2/h8,11H,6-7H2,1-5H3;4-7H2,1-3H3;4-6H2,1-3H3;1-2H3;2H2,1H3. The zero-order valence-electron chi connectivity index (χ0n) is 24.9. The van der Waals surface area contributed by atoms with Crippen LogP contribution in [0.4, 0.5) is 0 Å². The zero-order chi connectivity index (χ0) is 25.8. The van der Waals surface area contributed by atoms with Crippen molar-refractivity contribution in [1.29, 1.82) is 0 Å². The maximum Gasteiger partial charge on any atom is 0.0158 e. The van der Waals surface area contributed by atoms with Crippen LogP contribution in [0.25, 0.3) is 0 Å². The van der Waals surface area contributed by atoms with Crippen molar-refractivity contribution in [1.82, 2.24) is 15.1 Å². The number of hydrogen-bond donors (Lipinski definition) is 1. The molecule has 2 atom stereocenters. The lowest BCUT2D eigenvalue weighted by Crippen LogP contribution is -2.43. The highest BCUT2D eigenvalue weighted by molar-refractivity contribution is 7.15. The van der Waals surface area contributed by atoms with E-state index in [9.17, 15) is 0 Å². The van der Waals surface area contributed by atoms with Crippen LogP contribution in [0, 0.1) is 11.3 Å². The molecule has 3 rings (SSSR count). The number of hydrogen-bond acceptors (Lipinski definition) is 3. The fraction of sp³-hybridized carbons (Fsp3) is 1.00. The molecule has 3 aliphatic heterocycles. The van der Waals surface area contributed by atoms with E-state index in [2.05, 4.69) is 101 Å². The Kier molecular flexibility index (Phi) is 16.5. The van der Waals surface area contributed by atoms with Gasteiger partial charge in [-0.25, -0.2) is 0 Å². The first-order valence-corrected chi connectivity index (χ1v) is 14.6. The number of nitrogens with one attached hydrogen (secondary N) is 1. The third-order valence-corrected chi connectivity index (χ3v) is 7.70. The van der Waals surface area contributed by atoms with Gasteiger partial charge in [-0.3, -0.25) is 4.90 Å². The van der Waals surface area contributed by atoms with E-state index in [-0.39, 0.29) is 0 Å². The highest BCUT2D eigenvalue weighted by atomic mass is 31.0. The van der Waals surface area contributed by atoms with E-state index in [0.29, 0.717) is 22.0 Å². The van der Waals surface area contributed by atoms with E-state index in [1.54, 1.807) is 0 Å². The summed E-state index contributed by atoms with van der Waals surface area (Å²) in [6.45, 7) is 34.1. The third kappa shape index (κ3) is 11.6. The van der Waals surface area contributed by atoms with Crippen molar-refractivity contribution < 1.29 is 0 Å². The SMILES string of the molecule is CC.CC(C)(C)C1CCNC1(C)C.CCN1CCCC1(C)C.CN1CCCC1(C)C.CP. The Labute approximate surface area is 207 Å². The van der Waals surface area contributed by atoms with Crippen LogP contribution in [0.15, 0.2) is 0 Å². The van der Waals surface area contributed by atoms with Crippen molar-refractivity contribution in [2.24, 2.45) is 11.3 Å². The summed E-state index contributed by atoms with van der Waals surface area (Å²) in [4.78, 5) is 4.97. The summed E-state index contributed by atoms with van der Waals surface area (Å²) in [5, 5.41) is 3.55. The molecule has 0 aromatic heterocycles. The molecule has 0 saturated carbocycles. The summed E-state index contributed by atoms with van der Waals surface area (Å²) in [5.41, 5.74) is 1.78. The Hall–Kier alpha value is 0.310. The second-order valence-electron chi connectivity index (χ2n) is 12.2. The van der Waals surface area contributed by atoms with Crippen LogP contribution in [0.1, 0.15) is 115 Å². The van der Waals surface area contributed by atoms with Crippen LogP contribution in [-0.2, 0) is 0 Å². The molecule has 32 heavy (non-hydrogen) atoms. The Morgan fingerprint density at radius 2 is 1.34 bits per heavy atom. The fourth-order valence-electron chi connectivity index (χ4n) is 5.53. The van der Waals surface area contributed by atoms with Crippen LogP contribution in [0.3, 0.4) is 0 Å². The Morgan fingerprint density at radius 1 is 0.875 bits per heavy atom. The van der Waals surface area contributed by atoms with Gasteiger partial charge in [0.05, 0.1) is 0 Å². The monoisotopic (exact) mass is 473 g/mol. The van der Waals surface area contributed by atoms with E-state index in [4.69, 9.17) is 0 Å². The molecule has 3 fully saturated rings. The van der Waals surface area contributed by atoms with Gasteiger partial charge in [0.1, 0.15) is 0 Å². The first kappa shape index (κ1) is 34.5. The van der Waals surface area contributed by atoms with E-state index >= 15 is 0 Å². The van der Waals surface area contributed by atoms with Crippen molar-refractivity contribution in [2.75, 3.05) is 39.9 Å². The lowest BCUT2D eigenvalue weighted by Gasteiger charge is -2.37. The van der Waals surface area contributed by atoms with E-state index < -0.39 is 0 Å². The molecule has 1 N–H and O–H groups in total. The summed E-state index contributed by atoms with van der Waals surface area (Å²) < 4.78 is 0. The van der Waals surface area contributed by atoms with Crippen molar-refractivity contribution in [3.05, 3.63) is 0 Å². The molecule has 3 saturated heterocycles. The second kappa shape index (κ2) is 15.3. The molecular weight excluding hydrogens is 409 g/mol. The number of likely N-dealkylation sites (tertiary alicyclic amines) is 2. The van der Waals surface area contributed by atoms with E-state index in [1.807, 2.05) is 20.5 Å². The molecule has 0 aromatic carbocycles. The lowest BCUT2D eigenvalue weighted by molar-refractivity contribution is 0.167. The van der Waals surface area contributed by atoms with Crippen molar-refractivity contribution in [3.8, 4) is 0 Å². The third-order valence-electron chi connectivity index (χ3n) is 7.70. The number of nitrogens with zero attached hydrogens (tertiary/aromatic N) is 2. The minimum absolute atomic E-state index is 0.345. The van der Waals surface area contributed by atoms with Gasteiger partial charge in [0.2, 0.25) is 0 Å². The molecule has 3 heterocycles. The van der Waals surface area contributed by atoms with Gasteiger partial charge in [0.25, 0.3) is 0 Å². The topological polar surface area (TPSA) is 18.5 Å². The van der Waals surface area contributed by atoms with Crippen LogP contribution in [0.5, 0.6) is 0 Å². The van der Waals surface area contributed by atoms with E-state index in [1.165, 1.54) is 58.3 Å². The summed E-state index contributed by atoms with van der Waals surface area (Å²) in [5.74, 6) is 0.815. The highest BCUT2D eigenvalue weighted by Gasteiger charge is 2.41. The van der Waals surface area contributed by atoms with Gasteiger partial charge in [0, 0.05) is 16.6 Å². The molecule has 196 valence electrons. The minimum Gasteiger partial charge on any atom is -0.311 e. The lowest BCUT2D eigenvalue weighted by atomic mass is 9.71. The van der Waals surface area contributed by atoms with Crippen molar-refractivity contribution >= 4 is 9.24 Å². The van der Waals surface area contributed by atoms with Crippen LogP contribution < -0.4 is 5.32 Å². The van der Waals surface area contributed by atoms with Crippen molar-refractivity contribution in [2.45, 2.75) is 132 Å². The normalized spacial score (nSPS) is 25.8. The Morgan fingerprint density at radius 3 is 1.50 bits per heavy atom. The molecule has 0 amide bonds. The van der Waals surface area contributed by atoms with Crippen molar-refractivity contribution in [3.63, 3.8) is 0 Å². The molecule has 2 unspecified atom stereocenters. The maximum atomic E-state index is 3.55. The van der Waals surface area contributed by atoms with Gasteiger partial charge in [-0.1, -0.05) is 48.2 Å². The predicted molar refractivity (Wildman–Crippen MR) is 153 cm³/mol. The fourth-order valence-corrected chi connectivity index (χ4v) is 5.53. The van der Waals surface area contributed by atoms with E-state index in [0.717, 1.165) is 5.92 Å². The quantitative estimate of drug-likeness (QED) is 0.403. The molecule has 0 bridgehead atoms. The molecule has 4 heteroatoms. The smallest absolute Gasteiger partial charge is 0.0158 e. The van der Waals surface area contributed by atoms with Gasteiger partial charge < -0.3 is 10.2 Å². The predicted octanol–water partition coefficient (Wildman–Crippen LogP) is 7.31. The summed E-state index contributed by atoms with van der Waals surface area (Å²) >= 11 is 0. The Balaban J connectivity index is 0. The van der Waals surface area contributed by atoms with Gasteiger partial charge in [-0.05, 0) is 118 Å². The molecule has 0 spiro atoms. The minimum atomic E-state index is 0.345. The van der Waals surface area contributed by atoms with Gasteiger partial charge >= 0.3 is 0 Å². The molecule has 0 aromatic rings. The average Bonchev–Trinajstić information content (AvgIpc) is 3.34. The van der Waals surface area contributed by atoms with Gasteiger partial charge in [-0.15, -0.1) is 9.24 Å². The molecule has 3 aliphatic rings. The largest absolute Gasteiger partial charge is 0.311 e. The highest BCUT2D eigenvalue weighted by Crippen LogP contribution is 2.39. The second-order valence-corrected chi connectivity index (χ2v) is 12.2. The Bertz CT molecular complexity index is 466. The first-order valence-electron chi connectivity index (χ1n) is 13.4. The van der Waals surface area contributed by atoms with Crippen LogP contribution in [0.2, 0.25) is 0 Å².